The molecule has 0 saturated carbocycles. The lowest BCUT2D eigenvalue weighted by Crippen LogP contribution is -2.17. The fraction of sp³-hybridized carbons (Fsp3) is 0.444. The van der Waals surface area contributed by atoms with Crippen molar-refractivity contribution < 1.29 is 9.53 Å². The minimum absolute atomic E-state index is 0.180. The number of methoxy groups -OCH3 is 1. The molecule has 0 bridgehead atoms. The third-order valence-corrected chi connectivity index (χ3v) is 4.57. The smallest absolute Gasteiger partial charge is 0.305 e. The van der Waals surface area contributed by atoms with E-state index < -0.39 is 0 Å². The maximum absolute atomic E-state index is 11.4. The van der Waals surface area contributed by atoms with E-state index in [1.807, 2.05) is 28.9 Å². The molecule has 1 aliphatic rings. The van der Waals surface area contributed by atoms with Crippen molar-refractivity contribution >= 4 is 17.6 Å². The molecule has 1 aromatic heterocycles. The molecule has 0 saturated heterocycles. The van der Waals surface area contributed by atoms with Crippen molar-refractivity contribution in [2.24, 2.45) is 0 Å². The second-order valence-corrected chi connectivity index (χ2v) is 6.37. The molecule has 1 aliphatic heterocycles. The maximum atomic E-state index is 11.4. The Balaban J connectivity index is 1.92. The van der Waals surface area contributed by atoms with Crippen molar-refractivity contribution in [1.29, 1.82) is 0 Å². The van der Waals surface area contributed by atoms with Crippen LogP contribution in [0.4, 0.5) is 0 Å². The monoisotopic (exact) mass is 347 g/mol. The van der Waals surface area contributed by atoms with E-state index in [0.29, 0.717) is 19.4 Å². The Labute approximate surface area is 147 Å². The summed E-state index contributed by atoms with van der Waals surface area (Å²) in [6.45, 7) is 2.61. The van der Waals surface area contributed by atoms with Crippen LogP contribution < -0.4 is 5.32 Å². The van der Waals surface area contributed by atoms with Gasteiger partial charge in [-0.3, -0.25) is 9.48 Å². The topological polar surface area (TPSA) is 56.2 Å². The quantitative estimate of drug-likeness (QED) is 0.845. The van der Waals surface area contributed by atoms with Crippen LogP contribution in [0.15, 0.2) is 24.3 Å². The van der Waals surface area contributed by atoms with Crippen LogP contribution in [0.2, 0.25) is 5.02 Å². The molecule has 0 aliphatic carbocycles. The second-order valence-electron chi connectivity index (χ2n) is 5.93. The number of carbonyl (C=O) groups is 1. The minimum atomic E-state index is -0.180. The van der Waals surface area contributed by atoms with Gasteiger partial charge < -0.3 is 10.1 Å². The van der Waals surface area contributed by atoms with Crippen LogP contribution in [0.25, 0.3) is 11.3 Å². The number of aryl methyl sites for hydroxylation is 1. The molecule has 6 heteroatoms. The van der Waals surface area contributed by atoms with Gasteiger partial charge in [-0.15, -0.1) is 0 Å². The van der Waals surface area contributed by atoms with E-state index >= 15 is 0 Å². The number of carbonyl (C=O) groups excluding carboxylic acids is 1. The summed E-state index contributed by atoms with van der Waals surface area (Å²) >= 11 is 6.03. The first-order chi connectivity index (χ1) is 11.7. The van der Waals surface area contributed by atoms with Gasteiger partial charge in [-0.25, -0.2) is 0 Å². The molecule has 0 fully saturated rings. The molecular formula is C18H22ClN3O2. The van der Waals surface area contributed by atoms with E-state index in [-0.39, 0.29) is 5.97 Å². The summed E-state index contributed by atoms with van der Waals surface area (Å²) < 4.78 is 6.77. The number of nitrogens with zero attached hydrogens (tertiary/aromatic N) is 2. The first kappa shape index (κ1) is 17.0. The fourth-order valence-corrected chi connectivity index (χ4v) is 3.25. The number of aromatic nitrogens is 2. The van der Waals surface area contributed by atoms with Gasteiger partial charge in [0.2, 0.25) is 0 Å². The van der Waals surface area contributed by atoms with E-state index in [1.54, 1.807) is 0 Å². The standard InChI is InChI=1S/C18H22ClN3O2/c1-24-17(23)3-2-12-22-18(13-4-6-14(19)7-5-13)15-8-10-20-11-9-16(15)21-22/h4-7,20H,2-3,8-12H2,1H3. The summed E-state index contributed by atoms with van der Waals surface area (Å²) in [5.41, 5.74) is 4.73. The summed E-state index contributed by atoms with van der Waals surface area (Å²) in [7, 11) is 1.42. The van der Waals surface area contributed by atoms with Gasteiger partial charge in [0.1, 0.15) is 0 Å². The number of benzene rings is 1. The molecule has 3 rings (SSSR count). The van der Waals surface area contributed by atoms with Crippen LogP contribution in [0.5, 0.6) is 0 Å². The van der Waals surface area contributed by atoms with Crippen molar-refractivity contribution in [1.82, 2.24) is 15.1 Å². The Bertz CT molecular complexity index is 710. The van der Waals surface area contributed by atoms with Gasteiger partial charge >= 0.3 is 5.97 Å². The molecule has 1 aromatic carbocycles. The number of fused-ring (bicyclic) bond motifs is 1. The molecule has 0 amide bonds. The van der Waals surface area contributed by atoms with Crippen LogP contribution in [0.1, 0.15) is 24.1 Å². The highest BCUT2D eigenvalue weighted by atomic mass is 35.5. The average Bonchev–Trinajstić information content (AvgIpc) is 2.77. The molecular weight excluding hydrogens is 326 g/mol. The highest BCUT2D eigenvalue weighted by Crippen LogP contribution is 2.29. The number of hydrogen-bond donors (Lipinski definition) is 1. The Morgan fingerprint density at radius 2 is 2.04 bits per heavy atom. The van der Waals surface area contributed by atoms with Gasteiger partial charge in [0, 0.05) is 42.1 Å². The van der Waals surface area contributed by atoms with Gasteiger partial charge in [-0.05, 0) is 31.5 Å². The molecule has 0 radical (unpaired) electrons. The zero-order valence-corrected chi connectivity index (χ0v) is 14.6. The SMILES string of the molecule is COC(=O)CCCn1nc2c(c1-c1ccc(Cl)cc1)CCNCC2. The molecule has 0 unspecified atom stereocenters. The predicted molar refractivity (Wildman–Crippen MR) is 94.2 cm³/mol. The van der Waals surface area contributed by atoms with Crippen molar-refractivity contribution in [3.63, 3.8) is 0 Å². The molecule has 128 valence electrons. The molecule has 0 atom stereocenters. The van der Waals surface area contributed by atoms with Crippen molar-refractivity contribution in [2.45, 2.75) is 32.2 Å². The zero-order valence-electron chi connectivity index (χ0n) is 13.8. The predicted octanol–water partition coefficient (Wildman–Crippen LogP) is 2.84. The largest absolute Gasteiger partial charge is 0.469 e. The highest BCUT2D eigenvalue weighted by Gasteiger charge is 2.20. The molecule has 0 spiro atoms. The number of nitrogens with one attached hydrogen (secondary N) is 1. The Morgan fingerprint density at radius 3 is 2.79 bits per heavy atom. The minimum Gasteiger partial charge on any atom is -0.469 e. The van der Waals surface area contributed by atoms with E-state index in [4.69, 9.17) is 21.4 Å². The van der Waals surface area contributed by atoms with Crippen molar-refractivity contribution in [2.75, 3.05) is 20.2 Å². The lowest BCUT2D eigenvalue weighted by molar-refractivity contribution is -0.140. The molecule has 24 heavy (non-hydrogen) atoms. The third kappa shape index (κ3) is 3.79. The number of rotatable bonds is 5. The van der Waals surface area contributed by atoms with Gasteiger partial charge in [-0.2, -0.15) is 5.10 Å². The second kappa shape index (κ2) is 7.81. The number of hydrogen-bond acceptors (Lipinski definition) is 4. The Hall–Kier alpha value is -1.85. The molecule has 1 N–H and O–H groups in total. The van der Waals surface area contributed by atoms with E-state index in [0.717, 1.165) is 47.9 Å². The number of esters is 1. The maximum Gasteiger partial charge on any atom is 0.305 e. The highest BCUT2D eigenvalue weighted by molar-refractivity contribution is 6.30. The summed E-state index contributed by atoms with van der Waals surface area (Å²) in [6, 6.07) is 7.89. The van der Waals surface area contributed by atoms with Crippen LogP contribution >= 0.6 is 11.6 Å². The molecule has 2 heterocycles. The van der Waals surface area contributed by atoms with Crippen LogP contribution in [-0.2, 0) is 28.9 Å². The van der Waals surface area contributed by atoms with Crippen LogP contribution in [0, 0.1) is 0 Å². The summed E-state index contributed by atoms with van der Waals surface area (Å²) in [5.74, 6) is -0.180. The third-order valence-electron chi connectivity index (χ3n) is 4.32. The average molecular weight is 348 g/mol. The lowest BCUT2D eigenvalue weighted by atomic mass is 10.0. The Morgan fingerprint density at radius 1 is 1.29 bits per heavy atom. The Kier molecular flexibility index (Phi) is 5.53. The van der Waals surface area contributed by atoms with E-state index in [9.17, 15) is 4.79 Å². The number of halogens is 1. The summed E-state index contributed by atoms with van der Waals surface area (Å²) in [6.07, 6.45) is 3.01. The van der Waals surface area contributed by atoms with Crippen LogP contribution in [0.3, 0.4) is 0 Å². The normalized spacial score (nSPS) is 14.1. The van der Waals surface area contributed by atoms with E-state index in [2.05, 4.69) is 5.32 Å². The summed E-state index contributed by atoms with van der Waals surface area (Å²) in [5, 5.41) is 8.97. The first-order valence-corrected chi connectivity index (χ1v) is 8.69. The zero-order chi connectivity index (χ0) is 16.9. The van der Waals surface area contributed by atoms with Gasteiger partial charge in [0.15, 0.2) is 0 Å². The van der Waals surface area contributed by atoms with Gasteiger partial charge in [-0.1, -0.05) is 23.7 Å². The fourth-order valence-electron chi connectivity index (χ4n) is 3.13. The summed E-state index contributed by atoms with van der Waals surface area (Å²) in [4.78, 5) is 11.4. The van der Waals surface area contributed by atoms with Crippen molar-refractivity contribution in [3.05, 3.63) is 40.5 Å². The van der Waals surface area contributed by atoms with Gasteiger partial charge in [0.25, 0.3) is 0 Å². The van der Waals surface area contributed by atoms with Crippen molar-refractivity contribution in [3.8, 4) is 11.3 Å². The number of ether oxygens (including phenoxy) is 1. The molecule has 2 aromatic rings. The first-order valence-electron chi connectivity index (χ1n) is 8.31. The lowest BCUT2D eigenvalue weighted by Gasteiger charge is -2.10. The van der Waals surface area contributed by atoms with Crippen LogP contribution in [-0.4, -0.2) is 35.9 Å². The molecule has 5 nitrogen and oxygen atoms in total. The van der Waals surface area contributed by atoms with E-state index in [1.165, 1.54) is 12.7 Å². The van der Waals surface area contributed by atoms with Gasteiger partial charge in [0.05, 0.1) is 18.5 Å².